The standard InChI is InChI=1S/C17H26N2O3/c1-5-13(3)12-19(4)17(21)18-15-10-8-7-9-14(15)11-16(20)22-6-2/h7-10,13H,5-6,11-12H2,1-4H3,(H,18,21). The van der Waals surface area contributed by atoms with E-state index in [4.69, 9.17) is 4.74 Å². The molecule has 0 saturated heterocycles. The average Bonchev–Trinajstić information content (AvgIpc) is 2.49. The molecule has 0 aliphatic rings. The molecule has 122 valence electrons. The second-order valence-electron chi connectivity index (χ2n) is 5.46. The number of para-hydroxylation sites is 1. The first-order chi connectivity index (χ1) is 10.5. The maximum atomic E-state index is 12.2. The van der Waals surface area contributed by atoms with E-state index in [0.717, 1.165) is 12.0 Å². The summed E-state index contributed by atoms with van der Waals surface area (Å²) in [6, 6.07) is 7.12. The summed E-state index contributed by atoms with van der Waals surface area (Å²) in [5.41, 5.74) is 1.41. The Morgan fingerprint density at radius 2 is 1.95 bits per heavy atom. The third-order valence-corrected chi connectivity index (χ3v) is 3.53. The van der Waals surface area contributed by atoms with Crippen LogP contribution in [0.3, 0.4) is 0 Å². The number of nitrogens with zero attached hydrogens (tertiary/aromatic N) is 1. The SMILES string of the molecule is CCOC(=O)Cc1ccccc1NC(=O)N(C)CC(C)CC. The minimum absolute atomic E-state index is 0.152. The zero-order chi connectivity index (χ0) is 16.5. The van der Waals surface area contributed by atoms with Gasteiger partial charge in [0.15, 0.2) is 0 Å². The van der Waals surface area contributed by atoms with Crippen molar-refractivity contribution >= 4 is 17.7 Å². The molecule has 0 spiro atoms. The third kappa shape index (κ3) is 5.76. The van der Waals surface area contributed by atoms with E-state index in [-0.39, 0.29) is 18.4 Å². The highest BCUT2D eigenvalue weighted by molar-refractivity contribution is 5.91. The molecular formula is C17H26N2O3. The normalized spacial score (nSPS) is 11.6. The van der Waals surface area contributed by atoms with Crippen LogP contribution >= 0.6 is 0 Å². The number of nitrogens with one attached hydrogen (secondary N) is 1. The van der Waals surface area contributed by atoms with E-state index < -0.39 is 0 Å². The second kappa shape index (κ2) is 9.07. The lowest BCUT2D eigenvalue weighted by Gasteiger charge is -2.22. The van der Waals surface area contributed by atoms with Crippen LogP contribution in [0, 0.1) is 5.92 Å². The Kier molecular flexibility index (Phi) is 7.43. The second-order valence-corrected chi connectivity index (χ2v) is 5.46. The van der Waals surface area contributed by atoms with Crippen LogP contribution in [-0.2, 0) is 16.0 Å². The molecule has 2 amide bonds. The van der Waals surface area contributed by atoms with Gasteiger partial charge in [0, 0.05) is 19.3 Å². The van der Waals surface area contributed by atoms with Gasteiger partial charge in [-0.3, -0.25) is 4.79 Å². The first kappa shape index (κ1) is 18.0. The van der Waals surface area contributed by atoms with Crippen molar-refractivity contribution in [1.29, 1.82) is 0 Å². The van der Waals surface area contributed by atoms with Crippen molar-refractivity contribution in [3.8, 4) is 0 Å². The number of hydrogen-bond donors (Lipinski definition) is 1. The molecule has 1 atom stereocenters. The summed E-state index contributed by atoms with van der Waals surface area (Å²) in [5, 5.41) is 2.87. The number of esters is 1. The molecule has 22 heavy (non-hydrogen) atoms. The quantitative estimate of drug-likeness (QED) is 0.786. The number of ether oxygens (including phenoxy) is 1. The lowest BCUT2D eigenvalue weighted by molar-refractivity contribution is -0.142. The smallest absolute Gasteiger partial charge is 0.321 e. The van der Waals surface area contributed by atoms with Crippen LogP contribution < -0.4 is 5.32 Å². The van der Waals surface area contributed by atoms with Gasteiger partial charge in [-0.25, -0.2) is 4.79 Å². The van der Waals surface area contributed by atoms with Gasteiger partial charge in [-0.2, -0.15) is 0 Å². The zero-order valence-electron chi connectivity index (χ0n) is 13.9. The van der Waals surface area contributed by atoms with Gasteiger partial charge in [-0.15, -0.1) is 0 Å². The highest BCUT2D eigenvalue weighted by Gasteiger charge is 2.14. The number of carbonyl (C=O) groups excluding carboxylic acids is 2. The molecule has 1 aromatic rings. The lowest BCUT2D eigenvalue weighted by Crippen LogP contribution is -2.34. The maximum absolute atomic E-state index is 12.2. The van der Waals surface area contributed by atoms with Gasteiger partial charge in [0.25, 0.3) is 0 Å². The van der Waals surface area contributed by atoms with Crippen LogP contribution in [0.4, 0.5) is 10.5 Å². The van der Waals surface area contributed by atoms with E-state index in [9.17, 15) is 9.59 Å². The van der Waals surface area contributed by atoms with Crippen molar-refractivity contribution in [2.24, 2.45) is 5.92 Å². The Hall–Kier alpha value is -2.04. The Labute approximate surface area is 132 Å². The van der Waals surface area contributed by atoms with Crippen molar-refractivity contribution < 1.29 is 14.3 Å². The number of anilines is 1. The fraction of sp³-hybridized carbons (Fsp3) is 0.529. The van der Waals surface area contributed by atoms with Crippen molar-refractivity contribution in [2.75, 3.05) is 25.5 Å². The minimum atomic E-state index is -0.294. The first-order valence-electron chi connectivity index (χ1n) is 7.73. The molecule has 1 N–H and O–H groups in total. The molecular weight excluding hydrogens is 280 g/mol. The maximum Gasteiger partial charge on any atom is 0.321 e. The number of rotatable bonds is 7. The van der Waals surface area contributed by atoms with Crippen LogP contribution in [0.5, 0.6) is 0 Å². The number of urea groups is 1. The molecule has 0 fully saturated rings. The van der Waals surface area contributed by atoms with Gasteiger partial charge in [-0.1, -0.05) is 38.5 Å². The van der Waals surface area contributed by atoms with Gasteiger partial charge in [-0.05, 0) is 24.5 Å². The molecule has 0 saturated carbocycles. The predicted molar refractivity (Wildman–Crippen MR) is 87.9 cm³/mol. The van der Waals surface area contributed by atoms with Crippen molar-refractivity contribution in [3.63, 3.8) is 0 Å². The van der Waals surface area contributed by atoms with Crippen molar-refractivity contribution in [3.05, 3.63) is 29.8 Å². The minimum Gasteiger partial charge on any atom is -0.466 e. The fourth-order valence-electron chi connectivity index (χ4n) is 2.05. The van der Waals surface area contributed by atoms with E-state index in [1.807, 2.05) is 18.2 Å². The Morgan fingerprint density at radius 1 is 1.27 bits per heavy atom. The summed E-state index contributed by atoms with van der Waals surface area (Å²) in [7, 11) is 1.77. The van der Waals surface area contributed by atoms with Gasteiger partial charge in [0.2, 0.25) is 0 Å². The third-order valence-electron chi connectivity index (χ3n) is 3.53. The Morgan fingerprint density at radius 3 is 2.59 bits per heavy atom. The molecule has 1 unspecified atom stereocenters. The highest BCUT2D eigenvalue weighted by Crippen LogP contribution is 2.17. The molecule has 5 nitrogen and oxygen atoms in total. The van der Waals surface area contributed by atoms with Crippen LogP contribution in [0.15, 0.2) is 24.3 Å². The molecule has 1 rings (SSSR count). The van der Waals surface area contributed by atoms with E-state index in [0.29, 0.717) is 24.8 Å². The van der Waals surface area contributed by atoms with Crippen molar-refractivity contribution in [1.82, 2.24) is 4.90 Å². The molecule has 0 radical (unpaired) electrons. The molecule has 0 heterocycles. The first-order valence-corrected chi connectivity index (χ1v) is 7.73. The average molecular weight is 306 g/mol. The zero-order valence-corrected chi connectivity index (χ0v) is 13.9. The predicted octanol–water partition coefficient (Wildman–Crippen LogP) is 3.30. The van der Waals surface area contributed by atoms with E-state index >= 15 is 0 Å². The van der Waals surface area contributed by atoms with Crippen LogP contribution in [0.25, 0.3) is 0 Å². The lowest BCUT2D eigenvalue weighted by atomic mass is 10.1. The van der Waals surface area contributed by atoms with E-state index in [1.165, 1.54) is 0 Å². The summed E-state index contributed by atoms with van der Waals surface area (Å²) in [6.07, 6.45) is 1.18. The number of hydrogen-bond acceptors (Lipinski definition) is 3. The van der Waals surface area contributed by atoms with E-state index in [1.54, 1.807) is 24.9 Å². The van der Waals surface area contributed by atoms with Crippen LogP contribution in [0.2, 0.25) is 0 Å². The Balaban J connectivity index is 2.72. The topological polar surface area (TPSA) is 58.6 Å². The largest absolute Gasteiger partial charge is 0.466 e. The van der Waals surface area contributed by atoms with Crippen LogP contribution in [-0.4, -0.2) is 37.1 Å². The molecule has 0 aromatic heterocycles. The van der Waals surface area contributed by atoms with E-state index in [2.05, 4.69) is 19.2 Å². The highest BCUT2D eigenvalue weighted by atomic mass is 16.5. The molecule has 1 aromatic carbocycles. The molecule has 0 aliphatic heterocycles. The number of benzene rings is 1. The number of amides is 2. The summed E-state index contributed by atoms with van der Waals surface area (Å²) in [5.74, 6) is 0.155. The monoisotopic (exact) mass is 306 g/mol. The molecule has 5 heteroatoms. The number of carbonyl (C=O) groups is 2. The van der Waals surface area contributed by atoms with Crippen LogP contribution in [0.1, 0.15) is 32.8 Å². The molecule has 0 aliphatic carbocycles. The summed E-state index contributed by atoms with van der Waals surface area (Å²) in [6.45, 7) is 7.03. The molecule has 0 bridgehead atoms. The van der Waals surface area contributed by atoms with Gasteiger partial charge >= 0.3 is 12.0 Å². The summed E-state index contributed by atoms with van der Waals surface area (Å²) >= 11 is 0. The summed E-state index contributed by atoms with van der Waals surface area (Å²) in [4.78, 5) is 25.5. The van der Waals surface area contributed by atoms with Crippen molar-refractivity contribution in [2.45, 2.75) is 33.6 Å². The van der Waals surface area contributed by atoms with Gasteiger partial charge in [0.1, 0.15) is 0 Å². The van der Waals surface area contributed by atoms with Gasteiger partial charge in [0.05, 0.1) is 13.0 Å². The fourth-order valence-corrected chi connectivity index (χ4v) is 2.05. The van der Waals surface area contributed by atoms with Gasteiger partial charge < -0.3 is 15.0 Å². The Bertz CT molecular complexity index is 502. The summed E-state index contributed by atoms with van der Waals surface area (Å²) < 4.78 is 4.96.